The minimum Gasteiger partial charge on any atom is -0.478 e. The number of thioether (sulfide) groups is 1. The fourth-order valence-corrected chi connectivity index (χ4v) is 4.57. The van der Waals surface area contributed by atoms with E-state index in [1.807, 2.05) is 38.1 Å². The molecule has 0 fully saturated rings. The average molecular weight is 522 g/mol. The predicted molar refractivity (Wildman–Crippen MR) is 149 cm³/mol. The lowest BCUT2D eigenvalue weighted by molar-refractivity contribution is -0.115. The molecule has 3 aromatic rings. The summed E-state index contributed by atoms with van der Waals surface area (Å²) in [5, 5.41) is 18.4. The summed E-state index contributed by atoms with van der Waals surface area (Å²) in [6.45, 7) is 5.26. The predicted octanol–water partition coefficient (Wildman–Crippen LogP) is 6.21. The van der Waals surface area contributed by atoms with Crippen LogP contribution in [-0.4, -0.2) is 33.1 Å². The third-order valence-corrected chi connectivity index (χ3v) is 6.89. The molecule has 0 bridgehead atoms. The summed E-state index contributed by atoms with van der Waals surface area (Å²) >= 11 is 6.83. The topological polar surface area (TPSA) is 108 Å². The molecule has 0 radical (unpaired) electrons. The van der Waals surface area contributed by atoms with Crippen molar-refractivity contribution in [1.82, 2.24) is 0 Å². The molecule has 1 amide bonds. The third kappa shape index (κ3) is 7.40. The number of aromatic carboxylic acids is 1. The van der Waals surface area contributed by atoms with Crippen LogP contribution in [0.2, 0.25) is 0 Å². The van der Waals surface area contributed by atoms with E-state index < -0.39 is 5.97 Å². The van der Waals surface area contributed by atoms with Gasteiger partial charge in [0, 0.05) is 27.5 Å². The van der Waals surface area contributed by atoms with Crippen LogP contribution in [0.4, 0.5) is 17.1 Å². The van der Waals surface area contributed by atoms with E-state index in [9.17, 15) is 19.5 Å². The number of thiocarbonyl (C=S) groups is 1. The van der Waals surface area contributed by atoms with E-state index in [1.165, 1.54) is 30.8 Å². The van der Waals surface area contributed by atoms with Crippen LogP contribution in [0.25, 0.3) is 0 Å². The molecule has 0 saturated heterocycles. The zero-order valence-electron chi connectivity index (χ0n) is 20.1. The Morgan fingerprint density at radius 1 is 0.917 bits per heavy atom. The third-order valence-electron chi connectivity index (χ3n) is 5.33. The Bertz CT molecular complexity index is 1290. The molecule has 3 aromatic carbocycles. The number of hydrogen-bond donors (Lipinski definition) is 4. The Balaban J connectivity index is 1.63. The first-order valence-electron chi connectivity index (χ1n) is 11.3. The van der Waals surface area contributed by atoms with Crippen molar-refractivity contribution < 1.29 is 19.5 Å². The molecule has 0 aromatic heterocycles. The Morgan fingerprint density at radius 3 is 2.22 bits per heavy atom. The zero-order chi connectivity index (χ0) is 26.2. The molecule has 9 heteroatoms. The van der Waals surface area contributed by atoms with E-state index in [2.05, 4.69) is 16.0 Å². The Kier molecular flexibility index (Phi) is 9.21. The second kappa shape index (κ2) is 12.3. The van der Waals surface area contributed by atoms with Crippen molar-refractivity contribution in [2.24, 2.45) is 0 Å². The molecule has 7 nitrogen and oxygen atoms in total. The number of aryl methyl sites for hydroxylation is 1. The second-order valence-electron chi connectivity index (χ2n) is 8.08. The minimum atomic E-state index is -1.04. The van der Waals surface area contributed by atoms with Crippen LogP contribution in [0.15, 0.2) is 71.6 Å². The van der Waals surface area contributed by atoms with Crippen LogP contribution in [0, 0.1) is 6.92 Å². The number of carbonyl (C=O) groups excluding carboxylic acids is 2. The van der Waals surface area contributed by atoms with E-state index in [1.54, 1.807) is 30.3 Å². The molecule has 0 heterocycles. The molecule has 0 aliphatic heterocycles. The highest BCUT2D eigenvalue weighted by Crippen LogP contribution is 2.29. The maximum absolute atomic E-state index is 13.0. The SMILES string of the molecule is CCC(Sc1cccc(NC(=S)Nc2ccc(C(C)=O)cc2)c1)C(=O)Nc1cc(C(=O)O)ccc1C. The average Bonchev–Trinajstić information content (AvgIpc) is 2.84. The molecule has 0 saturated carbocycles. The monoisotopic (exact) mass is 521 g/mol. The molecule has 0 spiro atoms. The van der Waals surface area contributed by atoms with Gasteiger partial charge in [-0.05, 0) is 92.6 Å². The number of nitrogens with one attached hydrogen (secondary N) is 3. The van der Waals surface area contributed by atoms with Gasteiger partial charge in [0.1, 0.15) is 0 Å². The molecular weight excluding hydrogens is 494 g/mol. The number of carboxylic acids is 1. The summed E-state index contributed by atoms with van der Waals surface area (Å²) in [4.78, 5) is 36.6. The number of ketones is 1. The van der Waals surface area contributed by atoms with Crippen LogP contribution in [0.3, 0.4) is 0 Å². The van der Waals surface area contributed by atoms with Crippen molar-refractivity contribution in [2.75, 3.05) is 16.0 Å². The summed E-state index contributed by atoms with van der Waals surface area (Å²) in [6.07, 6.45) is 0.585. The zero-order valence-corrected chi connectivity index (χ0v) is 21.8. The second-order valence-corrected chi connectivity index (χ2v) is 9.76. The van der Waals surface area contributed by atoms with Gasteiger partial charge in [-0.25, -0.2) is 4.79 Å². The largest absolute Gasteiger partial charge is 0.478 e. The molecular formula is C27H27N3O4S2. The highest BCUT2D eigenvalue weighted by Gasteiger charge is 2.19. The summed E-state index contributed by atoms with van der Waals surface area (Å²) < 4.78 is 0. The first kappa shape index (κ1) is 26.9. The summed E-state index contributed by atoms with van der Waals surface area (Å²) in [6, 6.07) is 19.3. The van der Waals surface area contributed by atoms with Gasteiger partial charge in [0.15, 0.2) is 10.9 Å². The van der Waals surface area contributed by atoms with Gasteiger partial charge in [-0.15, -0.1) is 11.8 Å². The van der Waals surface area contributed by atoms with Crippen LogP contribution in [0.5, 0.6) is 0 Å². The van der Waals surface area contributed by atoms with Crippen molar-refractivity contribution in [2.45, 2.75) is 37.3 Å². The maximum atomic E-state index is 13.0. The number of carbonyl (C=O) groups is 3. The van der Waals surface area contributed by atoms with E-state index in [0.717, 1.165) is 21.8 Å². The van der Waals surface area contributed by atoms with Crippen LogP contribution in [-0.2, 0) is 4.79 Å². The Morgan fingerprint density at radius 2 is 1.58 bits per heavy atom. The van der Waals surface area contributed by atoms with Crippen LogP contribution >= 0.6 is 24.0 Å². The lowest BCUT2D eigenvalue weighted by Gasteiger charge is -2.17. The van der Waals surface area contributed by atoms with Crippen LogP contribution < -0.4 is 16.0 Å². The van der Waals surface area contributed by atoms with Crippen LogP contribution in [0.1, 0.15) is 46.5 Å². The summed E-state index contributed by atoms with van der Waals surface area (Å²) in [5.74, 6) is -1.24. The van der Waals surface area contributed by atoms with E-state index in [4.69, 9.17) is 12.2 Å². The van der Waals surface area contributed by atoms with Gasteiger partial charge >= 0.3 is 5.97 Å². The number of benzene rings is 3. The standard InChI is InChI=1S/C27H27N3O4S2/c1-4-24(25(32)30-23-14-19(26(33)34)9-8-16(23)2)36-22-7-5-6-21(15-22)29-27(35)28-20-12-10-18(11-13-20)17(3)31/h5-15,24H,4H2,1-3H3,(H,30,32)(H,33,34)(H2,28,29,35). The quantitative estimate of drug-likeness (QED) is 0.149. The van der Waals surface area contributed by atoms with Gasteiger partial charge < -0.3 is 21.1 Å². The van der Waals surface area contributed by atoms with Crippen molar-refractivity contribution in [3.8, 4) is 0 Å². The fraction of sp³-hybridized carbons (Fsp3) is 0.185. The van der Waals surface area contributed by atoms with Crippen molar-refractivity contribution in [1.29, 1.82) is 0 Å². The highest BCUT2D eigenvalue weighted by atomic mass is 32.2. The molecule has 186 valence electrons. The first-order valence-corrected chi connectivity index (χ1v) is 12.6. The van der Waals surface area contributed by atoms with Gasteiger partial charge in [-0.3, -0.25) is 9.59 Å². The van der Waals surface area contributed by atoms with E-state index in [0.29, 0.717) is 22.8 Å². The Labute approximate surface area is 219 Å². The van der Waals surface area contributed by atoms with Gasteiger partial charge in [-0.1, -0.05) is 19.1 Å². The van der Waals surface area contributed by atoms with Crippen molar-refractivity contribution in [3.05, 3.63) is 83.4 Å². The molecule has 1 atom stereocenters. The fourth-order valence-electron chi connectivity index (χ4n) is 3.32. The molecule has 0 aliphatic rings. The van der Waals surface area contributed by atoms with E-state index >= 15 is 0 Å². The lowest BCUT2D eigenvalue weighted by Crippen LogP contribution is -2.25. The number of rotatable bonds is 9. The number of Topliss-reactive ketones (excluding diaryl/α,β-unsaturated/α-hetero) is 1. The Hall–Kier alpha value is -3.69. The normalized spacial score (nSPS) is 11.3. The van der Waals surface area contributed by atoms with E-state index in [-0.39, 0.29) is 22.5 Å². The number of amides is 1. The molecule has 1 unspecified atom stereocenters. The van der Waals surface area contributed by atoms with Gasteiger partial charge in [0.25, 0.3) is 0 Å². The van der Waals surface area contributed by atoms with Gasteiger partial charge in [0.05, 0.1) is 10.8 Å². The number of anilines is 3. The smallest absolute Gasteiger partial charge is 0.335 e. The highest BCUT2D eigenvalue weighted by molar-refractivity contribution is 8.00. The molecule has 0 aliphatic carbocycles. The van der Waals surface area contributed by atoms with Gasteiger partial charge in [0.2, 0.25) is 5.91 Å². The lowest BCUT2D eigenvalue weighted by atomic mass is 10.1. The molecule has 3 rings (SSSR count). The molecule has 36 heavy (non-hydrogen) atoms. The number of carboxylic acid groups (broad SMARTS) is 1. The number of hydrogen-bond acceptors (Lipinski definition) is 5. The summed E-state index contributed by atoms with van der Waals surface area (Å²) in [5.41, 5.74) is 3.54. The van der Waals surface area contributed by atoms with Crippen molar-refractivity contribution >= 4 is 63.8 Å². The summed E-state index contributed by atoms with van der Waals surface area (Å²) in [7, 11) is 0. The maximum Gasteiger partial charge on any atom is 0.335 e. The first-order chi connectivity index (χ1) is 17.2. The van der Waals surface area contributed by atoms with Crippen molar-refractivity contribution in [3.63, 3.8) is 0 Å². The van der Waals surface area contributed by atoms with Gasteiger partial charge in [-0.2, -0.15) is 0 Å². The minimum absolute atomic E-state index is 0.000421. The molecule has 4 N–H and O–H groups in total.